The van der Waals surface area contributed by atoms with Crippen LogP contribution in [0.5, 0.6) is 0 Å². The number of carbonyl (C=O) groups is 1. The number of carbonyl (C=O) groups excluding carboxylic acids is 1. The normalized spacial score (nSPS) is 16.5. The number of pyridine rings is 1. The minimum Gasteiger partial charge on any atom is -0.293 e. The smallest absolute Gasteiger partial charge is 0.172 e. The van der Waals surface area contributed by atoms with Gasteiger partial charge in [0, 0.05) is 23.3 Å². The van der Waals surface area contributed by atoms with Gasteiger partial charge in [0.05, 0.1) is 5.92 Å². The summed E-state index contributed by atoms with van der Waals surface area (Å²) in [6.45, 7) is 0. The van der Waals surface area contributed by atoms with E-state index in [9.17, 15) is 4.79 Å². The third-order valence-electron chi connectivity index (χ3n) is 4.10. The summed E-state index contributed by atoms with van der Waals surface area (Å²) < 4.78 is 0. The van der Waals surface area contributed by atoms with Gasteiger partial charge in [-0.05, 0) is 22.9 Å². The SMILES string of the molecule is O=C(c1cncc2ccccc12)C1Cc2ccccc21. The topological polar surface area (TPSA) is 30.0 Å². The van der Waals surface area contributed by atoms with E-state index >= 15 is 0 Å². The molecule has 0 spiro atoms. The van der Waals surface area contributed by atoms with Crippen LogP contribution in [0.2, 0.25) is 0 Å². The number of hydrogen-bond acceptors (Lipinski definition) is 2. The highest BCUT2D eigenvalue weighted by Gasteiger charge is 2.32. The molecule has 1 atom stereocenters. The lowest BCUT2D eigenvalue weighted by molar-refractivity contribution is 0.0950. The Morgan fingerprint density at radius 2 is 1.80 bits per heavy atom. The van der Waals surface area contributed by atoms with Crippen molar-refractivity contribution >= 4 is 16.6 Å². The third kappa shape index (κ3) is 1.58. The van der Waals surface area contributed by atoms with Crippen molar-refractivity contribution in [1.82, 2.24) is 4.98 Å². The standard InChI is InChI=1S/C18H13NO/c20-18(16-9-12-5-1-3-7-14(12)16)17-11-19-10-13-6-2-4-8-15(13)17/h1-8,10-11,16H,9H2. The molecule has 0 saturated carbocycles. The molecule has 0 bridgehead atoms. The molecule has 2 heteroatoms. The summed E-state index contributed by atoms with van der Waals surface area (Å²) in [5.41, 5.74) is 3.20. The lowest BCUT2D eigenvalue weighted by Gasteiger charge is -2.29. The number of Topliss-reactive ketones (excluding diaryl/α,β-unsaturated/α-hetero) is 1. The van der Waals surface area contributed by atoms with Crippen molar-refractivity contribution in [3.05, 3.63) is 77.6 Å². The van der Waals surface area contributed by atoms with Crippen molar-refractivity contribution in [2.45, 2.75) is 12.3 Å². The predicted molar refractivity (Wildman–Crippen MR) is 79.0 cm³/mol. The van der Waals surface area contributed by atoms with E-state index in [0.717, 1.165) is 22.8 Å². The van der Waals surface area contributed by atoms with Crippen LogP contribution in [0.4, 0.5) is 0 Å². The molecule has 2 aromatic carbocycles. The van der Waals surface area contributed by atoms with Crippen LogP contribution in [0.1, 0.15) is 27.4 Å². The zero-order chi connectivity index (χ0) is 13.5. The Morgan fingerprint density at radius 1 is 1.00 bits per heavy atom. The van der Waals surface area contributed by atoms with Crippen LogP contribution in [0.3, 0.4) is 0 Å². The molecule has 20 heavy (non-hydrogen) atoms. The van der Waals surface area contributed by atoms with Gasteiger partial charge in [0.15, 0.2) is 5.78 Å². The summed E-state index contributed by atoms with van der Waals surface area (Å²) in [6.07, 6.45) is 4.35. The Hall–Kier alpha value is -2.48. The number of hydrogen-bond donors (Lipinski definition) is 0. The Morgan fingerprint density at radius 3 is 2.70 bits per heavy atom. The Kier molecular flexibility index (Phi) is 2.43. The molecule has 0 aliphatic heterocycles. The maximum atomic E-state index is 12.8. The van der Waals surface area contributed by atoms with E-state index in [1.54, 1.807) is 12.4 Å². The fourth-order valence-electron chi connectivity index (χ4n) is 2.99. The Balaban J connectivity index is 1.80. The van der Waals surface area contributed by atoms with Gasteiger partial charge in [0.25, 0.3) is 0 Å². The van der Waals surface area contributed by atoms with Crippen molar-refractivity contribution in [3.8, 4) is 0 Å². The molecule has 3 aromatic rings. The lowest BCUT2D eigenvalue weighted by Crippen LogP contribution is -2.25. The average molecular weight is 259 g/mol. The van der Waals surface area contributed by atoms with E-state index in [1.165, 1.54) is 11.1 Å². The van der Waals surface area contributed by atoms with Gasteiger partial charge in [-0.25, -0.2) is 0 Å². The predicted octanol–water partition coefficient (Wildman–Crippen LogP) is 3.76. The summed E-state index contributed by atoms with van der Waals surface area (Å²) in [6, 6.07) is 16.1. The molecule has 1 unspecified atom stereocenters. The summed E-state index contributed by atoms with van der Waals surface area (Å²) in [7, 11) is 0. The van der Waals surface area contributed by atoms with Crippen molar-refractivity contribution in [1.29, 1.82) is 0 Å². The molecule has 4 rings (SSSR count). The Labute approximate surface area is 117 Å². The second-order valence-electron chi connectivity index (χ2n) is 5.23. The van der Waals surface area contributed by atoms with Crippen molar-refractivity contribution < 1.29 is 4.79 Å². The molecule has 1 heterocycles. The maximum Gasteiger partial charge on any atom is 0.172 e. The molecule has 0 fully saturated rings. The van der Waals surface area contributed by atoms with E-state index in [4.69, 9.17) is 0 Å². The number of aromatic nitrogens is 1. The minimum atomic E-state index is -0.00111. The van der Waals surface area contributed by atoms with E-state index in [1.807, 2.05) is 36.4 Å². The van der Waals surface area contributed by atoms with Gasteiger partial charge in [-0.1, -0.05) is 48.5 Å². The number of benzene rings is 2. The zero-order valence-corrected chi connectivity index (χ0v) is 10.9. The number of ketones is 1. The first kappa shape index (κ1) is 11.4. The van der Waals surface area contributed by atoms with Gasteiger partial charge < -0.3 is 0 Å². The largest absolute Gasteiger partial charge is 0.293 e. The van der Waals surface area contributed by atoms with Crippen LogP contribution >= 0.6 is 0 Å². The summed E-state index contributed by atoms with van der Waals surface area (Å²) in [5, 5.41) is 2.02. The molecular formula is C18H13NO. The molecule has 2 nitrogen and oxygen atoms in total. The first-order chi connectivity index (χ1) is 9.84. The molecule has 0 amide bonds. The van der Waals surface area contributed by atoms with Gasteiger partial charge in [0.2, 0.25) is 0 Å². The van der Waals surface area contributed by atoms with Gasteiger partial charge in [-0.3, -0.25) is 9.78 Å². The van der Waals surface area contributed by atoms with Crippen LogP contribution in [0.25, 0.3) is 10.8 Å². The molecule has 1 aliphatic carbocycles. The van der Waals surface area contributed by atoms with E-state index in [2.05, 4.69) is 17.1 Å². The molecule has 0 saturated heterocycles. The monoisotopic (exact) mass is 259 g/mol. The van der Waals surface area contributed by atoms with Crippen molar-refractivity contribution in [2.75, 3.05) is 0 Å². The first-order valence-electron chi connectivity index (χ1n) is 6.79. The lowest BCUT2D eigenvalue weighted by atomic mass is 9.73. The van der Waals surface area contributed by atoms with Gasteiger partial charge in [0.1, 0.15) is 0 Å². The summed E-state index contributed by atoms with van der Waals surface area (Å²) in [4.78, 5) is 17.0. The van der Waals surface area contributed by atoms with Crippen LogP contribution in [-0.2, 0) is 6.42 Å². The van der Waals surface area contributed by atoms with Gasteiger partial charge >= 0.3 is 0 Å². The van der Waals surface area contributed by atoms with E-state index < -0.39 is 0 Å². The highest BCUT2D eigenvalue weighted by atomic mass is 16.1. The molecule has 1 aliphatic rings. The number of nitrogens with zero attached hydrogens (tertiary/aromatic N) is 1. The minimum absolute atomic E-state index is 0.00111. The van der Waals surface area contributed by atoms with Gasteiger partial charge in [-0.15, -0.1) is 0 Å². The molecule has 96 valence electrons. The van der Waals surface area contributed by atoms with E-state index in [-0.39, 0.29) is 11.7 Å². The maximum absolute atomic E-state index is 12.8. The summed E-state index contributed by atoms with van der Waals surface area (Å²) >= 11 is 0. The van der Waals surface area contributed by atoms with Crippen LogP contribution < -0.4 is 0 Å². The molecule has 0 N–H and O–H groups in total. The first-order valence-corrected chi connectivity index (χ1v) is 6.79. The second kappa shape index (κ2) is 4.27. The van der Waals surface area contributed by atoms with Crippen LogP contribution in [0.15, 0.2) is 60.9 Å². The van der Waals surface area contributed by atoms with E-state index in [0.29, 0.717) is 0 Å². The van der Waals surface area contributed by atoms with Gasteiger partial charge in [-0.2, -0.15) is 0 Å². The molecule has 1 aromatic heterocycles. The van der Waals surface area contributed by atoms with Crippen molar-refractivity contribution in [3.63, 3.8) is 0 Å². The zero-order valence-electron chi connectivity index (χ0n) is 10.9. The average Bonchev–Trinajstić information content (AvgIpc) is 2.48. The fourth-order valence-corrected chi connectivity index (χ4v) is 2.99. The molecule has 0 radical (unpaired) electrons. The number of fused-ring (bicyclic) bond motifs is 2. The molecular weight excluding hydrogens is 246 g/mol. The van der Waals surface area contributed by atoms with Crippen LogP contribution in [0, 0.1) is 0 Å². The summed E-state index contributed by atoms with van der Waals surface area (Å²) in [5.74, 6) is 0.187. The highest BCUT2D eigenvalue weighted by Crippen LogP contribution is 2.38. The second-order valence-corrected chi connectivity index (χ2v) is 5.23. The fraction of sp³-hybridized carbons (Fsp3) is 0.111. The van der Waals surface area contributed by atoms with Crippen LogP contribution in [-0.4, -0.2) is 10.8 Å². The number of rotatable bonds is 2. The Bertz CT molecular complexity index is 817. The van der Waals surface area contributed by atoms with Crippen molar-refractivity contribution in [2.24, 2.45) is 0 Å². The third-order valence-corrected chi connectivity index (χ3v) is 4.10. The quantitative estimate of drug-likeness (QED) is 0.656. The highest BCUT2D eigenvalue weighted by molar-refractivity contribution is 6.11.